The van der Waals surface area contributed by atoms with Crippen molar-refractivity contribution in [2.75, 3.05) is 18.2 Å². The lowest BCUT2D eigenvalue weighted by molar-refractivity contribution is -0.175. The van der Waals surface area contributed by atoms with Crippen molar-refractivity contribution in [2.24, 2.45) is 5.73 Å². The maximum absolute atomic E-state index is 9.94. The van der Waals surface area contributed by atoms with Gasteiger partial charge in [0, 0.05) is 34.9 Å². The molecule has 1 saturated heterocycles. The van der Waals surface area contributed by atoms with Crippen LogP contribution in [-0.2, 0) is 11.3 Å². The lowest BCUT2D eigenvalue weighted by Gasteiger charge is -2.35. The van der Waals surface area contributed by atoms with Crippen molar-refractivity contribution >= 4 is 38.6 Å². The van der Waals surface area contributed by atoms with Gasteiger partial charge in [-0.1, -0.05) is 0 Å². The molecule has 2 aliphatic rings. The number of phenols is 1. The Bertz CT molecular complexity index is 705. The highest BCUT2D eigenvalue weighted by atomic mass is 79.9. The molecule has 21 heavy (non-hydrogen) atoms. The van der Waals surface area contributed by atoms with Gasteiger partial charge in [0.1, 0.15) is 11.7 Å². The van der Waals surface area contributed by atoms with Crippen LogP contribution in [0.3, 0.4) is 0 Å². The second-order valence-electron chi connectivity index (χ2n) is 5.48. The maximum Gasteiger partial charge on any atom is 0.130 e. The van der Waals surface area contributed by atoms with Gasteiger partial charge in [-0.05, 0) is 40.0 Å². The second kappa shape index (κ2) is 5.17. The van der Waals surface area contributed by atoms with Crippen LogP contribution < -0.4 is 5.73 Å². The number of H-pyrrole nitrogens is 1. The number of nitrogens with two attached hydrogens (primary N) is 1. The minimum absolute atomic E-state index is 0.0293. The van der Waals surface area contributed by atoms with E-state index in [1.54, 1.807) is 11.8 Å². The molecular formula is C14H16BrN3O2S. The molecule has 0 amide bonds. The first kappa shape index (κ1) is 13.9. The molecule has 0 spiro atoms. The molecule has 2 atom stereocenters. The number of aromatic nitrogens is 1. The smallest absolute Gasteiger partial charge is 0.130 e. The standard InChI is InChI=1S/C14H16BrN3O2S/c15-9-4-11-8(3-12(9)19)7-1-2-18-14(13(7)17-11)10(16)5-21-6-20-18/h3-4,10,14,17,19H,1-2,5-6,16H2/t10-,14?/m1/s1. The quantitative estimate of drug-likeness (QED) is 0.665. The summed E-state index contributed by atoms with van der Waals surface area (Å²) in [4.78, 5) is 9.30. The van der Waals surface area contributed by atoms with Crippen molar-refractivity contribution in [1.82, 2.24) is 10.0 Å². The first-order chi connectivity index (χ1) is 10.1. The van der Waals surface area contributed by atoms with Crippen LogP contribution in [0.4, 0.5) is 0 Å². The van der Waals surface area contributed by atoms with E-state index < -0.39 is 0 Å². The molecular weight excluding hydrogens is 354 g/mol. The monoisotopic (exact) mass is 369 g/mol. The van der Waals surface area contributed by atoms with Crippen molar-refractivity contribution in [3.63, 3.8) is 0 Å². The Morgan fingerprint density at radius 1 is 1.48 bits per heavy atom. The van der Waals surface area contributed by atoms with Gasteiger partial charge >= 0.3 is 0 Å². The summed E-state index contributed by atoms with van der Waals surface area (Å²) in [6.45, 7) is 0.829. The van der Waals surface area contributed by atoms with Crippen LogP contribution in [0.25, 0.3) is 10.9 Å². The van der Waals surface area contributed by atoms with E-state index in [-0.39, 0.29) is 17.8 Å². The van der Waals surface area contributed by atoms with Gasteiger partial charge in [0.15, 0.2) is 0 Å². The highest BCUT2D eigenvalue weighted by Gasteiger charge is 2.37. The predicted octanol–water partition coefficient (Wildman–Crippen LogP) is 2.50. The number of benzene rings is 1. The molecule has 4 rings (SSSR count). The summed E-state index contributed by atoms with van der Waals surface area (Å²) in [7, 11) is 0. The number of hydrogen-bond acceptors (Lipinski definition) is 5. The number of aromatic amines is 1. The number of fused-ring (bicyclic) bond motifs is 5. The molecule has 1 aromatic heterocycles. The third-order valence-electron chi connectivity index (χ3n) is 4.21. The SMILES string of the molecule is N[C@@H]1CSCON2CCc3c([nH]c4cc(Br)c(O)cc34)C12. The van der Waals surface area contributed by atoms with E-state index in [0.717, 1.165) is 35.3 Å². The van der Waals surface area contributed by atoms with E-state index in [2.05, 4.69) is 20.9 Å². The van der Waals surface area contributed by atoms with E-state index in [9.17, 15) is 5.11 Å². The molecule has 0 radical (unpaired) electrons. The Kier molecular flexibility index (Phi) is 3.42. The molecule has 1 aromatic carbocycles. The van der Waals surface area contributed by atoms with Crippen LogP contribution in [0.2, 0.25) is 0 Å². The molecule has 1 unspecified atom stereocenters. The van der Waals surface area contributed by atoms with Crippen molar-refractivity contribution in [3.05, 3.63) is 27.9 Å². The average molecular weight is 370 g/mol. The molecule has 5 nitrogen and oxygen atoms in total. The predicted molar refractivity (Wildman–Crippen MR) is 87.2 cm³/mol. The number of thioether (sulfide) groups is 1. The van der Waals surface area contributed by atoms with Crippen LogP contribution >= 0.6 is 27.7 Å². The summed E-state index contributed by atoms with van der Waals surface area (Å²) in [5.41, 5.74) is 9.77. The Hall–Kier alpha value is -0.730. The van der Waals surface area contributed by atoms with Crippen molar-refractivity contribution in [2.45, 2.75) is 18.5 Å². The average Bonchev–Trinajstić information content (AvgIpc) is 2.68. The summed E-state index contributed by atoms with van der Waals surface area (Å²) < 4.78 is 0.697. The number of aromatic hydroxyl groups is 1. The Morgan fingerprint density at radius 3 is 3.19 bits per heavy atom. The fraction of sp³-hybridized carbons (Fsp3) is 0.429. The number of nitrogens with one attached hydrogen (secondary N) is 1. The molecule has 3 heterocycles. The third-order valence-corrected chi connectivity index (χ3v) is 5.74. The first-order valence-electron chi connectivity index (χ1n) is 6.91. The van der Waals surface area contributed by atoms with E-state index in [0.29, 0.717) is 10.4 Å². The normalized spacial score (nSPS) is 26.4. The molecule has 0 aliphatic carbocycles. The Labute approximate surface area is 134 Å². The largest absolute Gasteiger partial charge is 0.507 e. The van der Waals surface area contributed by atoms with Gasteiger partial charge in [0.25, 0.3) is 0 Å². The molecule has 1 fully saturated rings. The number of nitrogens with zero attached hydrogens (tertiary/aromatic N) is 1. The molecule has 2 aliphatic heterocycles. The van der Waals surface area contributed by atoms with Crippen molar-refractivity contribution in [1.29, 1.82) is 0 Å². The fourth-order valence-corrected chi connectivity index (χ4v) is 4.36. The lowest BCUT2D eigenvalue weighted by Crippen LogP contribution is -2.44. The van der Waals surface area contributed by atoms with Crippen molar-refractivity contribution in [3.8, 4) is 5.75 Å². The van der Waals surface area contributed by atoms with Crippen LogP contribution in [0.1, 0.15) is 17.3 Å². The summed E-state index contributed by atoms with van der Waals surface area (Å²) in [6.07, 6.45) is 0.893. The minimum Gasteiger partial charge on any atom is -0.507 e. The maximum atomic E-state index is 9.94. The number of rotatable bonds is 0. The second-order valence-corrected chi connectivity index (χ2v) is 7.32. The zero-order valence-corrected chi connectivity index (χ0v) is 13.7. The number of hydrogen-bond donors (Lipinski definition) is 3. The van der Waals surface area contributed by atoms with E-state index in [1.165, 1.54) is 5.56 Å². The molecule has 112 valence electrons. The third kappa shape index (κ3) is 2.19. The minimum atomic E-state index is 0.0293. The van der Waals surface area contributed by atoms with Gasteiger partial charge in [-0.2, -0.15) is 5.06 Å². The summed E-state index contributed by atoms with van der Waals surface area (Å²) >= 11 is 5.10. The molecule has 0 bridgehead atoms. The lowest BCUT2D eigenvalue weighted by atomic mass is 9.95. The fourth-order valence-electron chi connectivity index (χ4n) is 3.26. The topological polar surface area (TPSA) is 74.5 Å². The van der Waals surface area contributed by atoms with Gasteiger partial charge in [-0.15, -0.1) is 11.8 Å². The summed E-state index contributed by atoms with van der Waals surface area (Å²) in [5, 5.41) is 13.0. The highest BCUT2D eigenvalue weighted by Crippen LogP contribution is 2.40. The van der Waals surface area contributed by atoms with Gasteiger partial charge in [-0.25, -0.2) is 0 Å². The van der Waals surface area contributed by atoms with E-state index in [1.807, 2.05) is 17.2 Å². The first-order valence-corrected chi connectivity index (χ1v) is 8.86. The molecule has 2 aromatic rings. The summed E-state index contributed by atoms with van der Waals surface area (Å²) in [6, 6.07) is 3.83. The van der Waals surface area contributed by atoms with Crippen LogP contribution in [-0.4, -0.2) is 39.4 Å². The number of hydroxylamine groups is 2. The highest BCUT2D eigenvalue weighted by molar-refractivity contribution is 9.10. The van der Waals surface area contributed by atoms with E-state index in [4.69, 9.17) is 10.6 Å². The molecule has 4 N–H and O–H groups in total. The Balaban J connectivity index is 1.89. The number of halogens is 1. The molecule has 7 heteroatoms. The van der Waals surface area contributed by atoms with Crippen LogP contribution in [0.15, 0.2) is 16.6 Å². The molecule has 0 saturated carbocycles. The van der Waals surface area contributed by atoms with E-state index >= 15 is 0 Å². The van der Waals surface area contributed by atoms with Gasteiger partial charge in [0.05, 0.1) is 10.5 Å². The van der Waals surface area contributed by atoms with Crippen LogP contribution in [0, 0.1) is 0 Å². The van der Waals surface area contributed by atoms with Gasteiger partial charge in [0.2, 0.25) is 0 Å². The zero-order chi connectivity index (χ0) is 14.6. The zero-order valence-electron chi connectivity index (χ0n) is 11.3. The number of phenolic OH excluding ortho intramolecular Hbond substituents is 1. The summed E-state index contributed by atoms with van der Waals surface area (Å²) in [5.74, 6) is 1.81. The Morgan fingerprint density at radius 2 is 2.33 bits per heavy atom. The van der Waals surface area contributed by atoms with Gasteiger partial charge in [-0.3, -0.25) is 4.84 Å². The van der Waals surface area contributed by atoms with Crippen LogP contribution in [0.5, 0.6) is 5.75 Å². The van der Waals surface area contributed by atoms with Gasteiger partial charge < -0.3 is 15.8 Å². The van der Waals surface area contributed by atoms with Crippen molar-refractivity contribution < 1.29 is 9.94 Å².